The SMILES string of the molecule is CC1(O[C]=O)CCC1. The van der Waals surface area contributed by atoms with Crippen LogP contribution in [0.2, 0.25) is 0 Å². The molecule has 0 aromatic carbocycles. The summed E-state index contributed by atoms with van der Waals surface area (Å²) in [6.45, 7) is 3.39. The molecule has 0 amide bonds. The summed E-state index contributed by atoms with van der Waals surface area (Å²) in [4.78, 5) is 9.67. The predicted molar refractivity (Wildman–Crippen MR) is 29.0 cm³/mol. The van der Waals surface area contributed by atoms with Crippen molar-refractivity contribution in [3.63, 3.8) is 0 Å². The maximum atomic E-state index is 9.67. The van der Waals surface area contributed by atoms with Crippen LogP contribution in [0, 0.1) is 0 Å². The van der Waals surface area contributed by atoms with Crippen LogP contribution in [0.1, 0.15) is 26.2 Å². The zero-order valence-corrected chi connectivity index (χ0v) is 4.94. The van der Waals surface area contributed by atoms with Gasteiger partial charge in [-0.1, -0.05) is 0 Å². The second-order valence-corrected chi connectivity index (χ2v) is 2.49. The maximum Gasteiger partial charge on any atom is 0.418 e. The van der Waals surface area contributed by atoms with Gasteiger partial charge in [-0.25, -0.2) is 4.79 Å². The highest BCUT2D eigenvalue weighted by molar-refractivity contribution is 5.39. The Morgan fingerprint density at radius 2 is 2.25 bits per heavy atom. The van der Waals surface area contributed by atoms with E-state index in [1.54, 1.807) is 0 Å². The number of carbonyl (C=O) groups excluding carboxylic acids is 1. The van der Waals surface area contributed by atoms with E-state index in [2.05, 4.69) is 4.74 Å². The van der Waals surface area contributed by atoms with Crippen molar-refractivity contribution in [1.29, 1.82) is 0 Å². The van der Waals surface area contributed by atoms with E-state index in [9.17, 15) is 4.79 Å². The van der Waals surface area contributed by atoms with Crippen LogP contribution in [-0.4, -0.2) is 12.1 Å². The molecule has 0 bridgehead atoms. The summed E-state index contributed by atoms with van der Waals surface area (Å²) in [6, 6.07) is 0. The van der Waals surface area contributed by atoms with Gasteiger partial charge in [0.2, 0.25) is 0 Å². The lowest BCUT2D eigenvalue weighted by atomic mass is 9.82. The summed E-state index contributed by atoms with van der Waals surface area (Å²) in [5.74, 6) is 0. The number of rotatable bonds is 2. The van der Waals surface area contributed by atoms with Crippen molar-refractivity contribution in [3.8, 4) is 0 Å². The molecule has 0 aromatic heterocycles. The molecule has 1 saturated carbocycles. The minimum Gasteiger partial charge on any atom is -0.451 e. The minimum absolute atomic E-state index is 0.151. The van der Waals surface area contributed by atoms with Crippen molar-refractivity contribution in [2.24, 2.45) is 0 Å². The third-order valence-electron chi connectivity index (χ3n) is 1.70. The second kappa shape index (κ2) is 1.77. The zero-order chi connectivity index (χ0) is 6.04. The molecule has 45 valence electrons. The van der Waals surface area contributed by atoms with Gasteiger partial charge >= 0.3 is 6.47 Å². The second-order valence-electron chi connectivity index (χ2n) is 2.49. The van der Waals surface area contributed by atoms with Gasteiger partial charge in [0.05, 0.1) is 0 Å². The molecule has 1 radical (unpaired) electrons. The summed E-state index contributed by atoms with van der Waals surface area (Å²) < 4.78 is 4.66. The van der Waals surface area contributed by atoms with E-state index in [4.69, 9.17) is 0 Å². The molecule has 2 nitrogen and oxygen atoms in total. The van der Waals surface area contributed by atoms with Crippen LogP contribution in [0.5, 0.6) is 0 Å². The normalized spacial score (nSPS) is 23.6. The molecule has 0 aliphatic heterocycles. The summed E-state index contributed by atoms with van der Waals surface area (Å²) >= 11 is 0. The molecule has 1 aliphatic carbocycles. The van der Waals surface area contributed by atoms with Gasteiger partial charge in [0.1, 0.15) is 5.60 Å². The zero-order valence-electron chi connectivity index (χ0n) is 4.94. The van der Waals surface area contributed by atoms with Crippen LogP contribution in [0.3, 0.4) is 0 Å². The van der Waals surface area contributed by atoms with Crippen LogP contribution in [-0.2, 0) is 9.53 Å². The molecule has 0 aromatic rings. The largest absolute Gasteiger partial charge is 0.451 e. The topological polar surface area (TPSA) is 26.3 Å². The lowest BCUT2D eigenvalue weighted by Gasteiger charge is -2.35. The van der Waals surface area contributed by atoms with E-state index in [0.29, 0.717) is 0 Å². The van der Waals surface area contributed by atoms with Crippen molar-refractivity contribution >= 4 is 6.47 Å². The van der Waals surface area contributed by atoms with Crippen LogP contribution in [0.4, 0.5) is 0 Å². The first-order valence-corrected chi connectivity index (χ1v) is 2.82. The molecule has 1 rings (SSSR count). The van der Waals surface area contributed by atoms with Gasteiger partial charge in [-0.2, -0.15) is 0 Å². The molecular formula is C6H9O2. The molecule has 0 heterocycles. The lowest BCUT2D eigenvalue weighted by Crippen LogP contribution is -2.35. The third kappa shape index (κ3) is 0.831. The van der Waals surface area contributed by atoms with E-state index < -0.39 is 0 Å². The van der Waals surface area contributed by atoms with Gasteiger partial charge in [0.25, 0.3) is 0 Å². The quantitative estimate of drug-likeness (QED) is 0.534. The molecule has 0 spiro atoms. The Morgan fingerprint density at radius 3 is 2.38 bits per heavy atom. The Kier molecular flexibility index (Phi) is 1.24. The monoisotopic (exact) mass is 113 g/mol. The average Bonchev–Trinajstić information content (AvgIpc) is 1.64. The molecule has 0 unspecified atom stereocenters. The molecule has 1 aliphatic rings. The first-order valence-electron chi connectivity index (χ1n) is 2.82. The highest BCUT2D eigenvalue weighted by Gasteiger charge is 2.33. The number of hydrogen-bond acceptors (Lipinski definition) is 2. The molecule has 0 N–H and O–H groups in total. The predicted octanol–water partition coefficient (Wildman–Crippen LogP) is 1.01. The lowest BCUT2D eigenvalue weighted by molar-refractivity contribution is -0.00321. The Morgan fingerprint density at radius 1 is 1.62 bits per heavy atom. The molecule has 2 heteroatoms. The first-order chi connectivity index (χ1) is 3.77. The van der Waals surface area contributed by atoms with E-state index in [1.807, 2.05) is 6.92 Å². The fourth-order valence-corrected chi connectivity index (χ4v) is 0.877. The Hall–Kier alpha value is -0.530. The van der Waals surface area contributed by atoms with Gasteiger partial charge in [0.15, 0.2) is 0 Å². The van der Waals surface area contributed by atoms with Gasteiger partial charge in [-0.05, 0) is 26.2 Å². The third-order valence-corrected chi connectivity index (χ3v) is 1.70. The van der Waals surface area contributed by atoms with Crippen LogP contribution in [0.15, 0.2) is 0 Å². The van der Waals surface area contributed by atoms with E-state index >= 15 is 0 Å². The smallest absolute Gasteiger partial charge is 0.418 e. The van der Waals surface area contributed by atoms with Gasteiger partial charge in [-0.3, -0.25) is 0 Å². The van der Waals surface area contributed by atoms with Crippen molar-refractivity contribution in [3.05, 3.63) is 0 Å². The van der Waals surface area contributed by atoms with Crippen LogP contribution < -0.4 is 0 Å². The van der Waals surface area contributed by atoms with Crippen LogP contribution in [0.25, 0.3) is 0 Å². The van der Waals surface area contributed by atoms with Crippen molar-refractivity contribution in [2.75, 3.05) is 0 Å². The summed E-state index contributed by atoms with van der Waals surface area (Å²) in [5.41, 5.74) is -0.151. The standard InChI is InChI=1S/C6H9O2/c1-6(8-5-7)3-2-4-6/h2-4H2,1H3. The summed E-state index contributed by atoms with van der Waals surface area (Å²) in [5, 5.41) is 0. The van der Waals surface area contributed by atoms with Gasteiger partial charge < -0.3 is 4.74 Å². The molecule has 0 atom stereocenters. The summed E-state index contributed by atoms with van der Waals surface area (Å²) in [7, 11) is 0. The molecule has 1 fully saturated rings. The molecular weight excluding hydrogens is 104 g/mol. The van der Waals surface area contributed by atoms with E-state index in [0.717, 1.165) is 12.8 Å². The fourth-order valence-electron chi connectivity index (χ4n) is 0.877. The van der Waals surface area contributed by atoms with Gasteiger partial charge in [0, 0.05) is 0 Å². The first kappa shape index (κ1) is 5.60. The minimum atomic E-state index is -0.151. The van der Waals surface area contributed by atoms with E-state index in [-0.39, 0.29) is 5.60 Å². The van der Waals surface area contributed by atoms with Crippen LogP contribution >= 0.6 is 0 Å². The maximum absolute atomic E-state index is 9.67. The van der Waals surface area contributed by atoms with E-state index in [1.165, 1.54) is 12.9 Å². The Bertz CT molecular complexity index is 94.7. The highest BCUT2D eigenvalue weighted by Crippen LogP contribution is 2.33. The highest BCUT2D eigenvalue weighted by atomic mass is 16.5. The Labute approximate surface area is 48.8 Å². The number of ether oxygens (including phenoxy) is 1. The van der Waals surface area contributed by atoms with Gasteiger partial charge in [-0.15, -0.1) is 0 Å². The van der Waals surface area contributed by atoms with Crippen molar-refractivity contribution in [2.45, 2.75) is 31.8 Å². The van der Waals surface area contributed by atoms with Crippen molar-refractivity contribution < 1.29 is 9.53 Å². The summed E-state index contributed by atoms with van der Waals surface area (Å²) in [6.07, 6.45) is 3.18. The number of hydrogen-bond donors (Lipinski definition) is 0. The van der Waals surface area contributed by atoms with Crippen molar-refractivity contribution in [1.82, 2.24) is 0 Å². The average molecular weight is 113 g/mol. The Balaban J connectivity index is 2.29. The molecule has 0 saturated heterocycles. The fraction of sp³-hybridized carbons (Fsp3) is 0.833. The molecule has 8 heavy (non-hydrogen) atoms.